The van der Waals surface area contributed by atoms with Crippen LogP contribution in [0.2, 0.25) is 0 Å². The maximum atomic E-state index is 3.56. The van der Waals surface area contributed by atoms with Crippen LogP contribution >= 0.6 is 0 Å². The molecule has 1 saturated heterocycles. The second-order valence-corrected chi connectivity index (χ2v) is 7.18. The van der Waals surface area contributed by atoms with Crippen LogP contribution in [0.1, 0.15) is 50.7 Å². The smallest absolute Gasteiger partial charge is 0.0375 e. The van der Waals surface area contributed by atoms with Crippen LogP contribution in [-0.4, -0.2) is 24.5 Å². The molecule has 0 aliphatic carbocycles. The first-order valence-corrected chi connectivity index (χ1v) is 8.81. The molecule has 2 heteroatoms. The van der Waals surface area contributed by atoms with Gasteiger partial charge in [0.1, 0.15) is 0 Å². The average molecular weight is 286 g/mol. The van der Waals surface area contributed by atoms with Crippen LogP contribution in [0.25, 0.3) is 0 Å². The molecular formula is C19H30N2. The Morgan fingerprint density at radius 2 is 2.10 bits per heavy atom. The number of fused-ring (bicyclic) bond motifs is 1. The quantitative estimate of drug-likeness (QED) is 0.891. The van der Waals surface area contributed by atoms with Crippen LogP contribution in [0, 0.1) is 11.8 Å². The number of rotatable bonds is 3. The summed E-state index contributed by atoms with van der Waals surface area (Å²) in [5.41, 5.74) is 4.52. The van der Waals surface area contributed by atoms with Gasteiger partial charge in [0.25, 0.3) is 0 Å². The second-order valence-electron chi connectivity index (χ2n) is 7.18. The zero-order chi connectivity index (χ0) is 14.7. The fourth-order valence-corrected chi connectivity index (χ4v) is 3.98. The average Bonchev–Trinajstić information content (AvgIpc) is 2.73. The van der Waals surface area contributed by atoms with E-state index in [1.165, 1.54) is 50.9 Å². The van der Waals surface area contributed by atoms with Crippen molar-refractivity contribution in [2.24, 2.45) is 11.8 Å². The topological polar surface area (TPSA) is 15.3 Å². The van der Waals surface area contributed by atoms with E-state index in [1.54, 1.807) is 11.1 Å². The van der Waals surface area contributed by atoms with E-state index in [4.69, 9.17) is 0 Å². The Morgan fingerprint density at radius 1 is 1.19 bits per heavy atom. The van der Waals surface area contributed by atoms with Gasteiger partial charge in [-0.2, -0.15) is 0 Å². The number of benzene rings is 1. The third-order valence-corrected chi connectivity index (χ3v) is 5.39. The molecule has 1 fully saturated rings. The first-order chi connectivity index (χ1) is 10.2. The van der Waals surface area contributed by atoms with E-state index in [0.717, 1.165) is 24.9 Å². The van der Waals surface area contributed by atoms with E-state index in [-0.39, 0.29) is 0 Å². The third kappa shape index (κ3) is 3.60. The SMILES string of the molecule is CC(C)C1CCCN(Cc2cccc3c2CCCN3)CC1. The second kappa shape index (κ2) is 6.83. The van der Waals surface area contributed by atoms with E-state index in [2.05, 4.69) is 42.3 Å². The molecule has 1 aromatic rings. The van der Waals surface area contributed by atoms with E-state index in [0.29, 0.717) is 0 Å². The van der Waals surface area contributed by atoms with Crippen LogP contribution < -0.4 is 5.32 Å². The van der Waals surface area contributed by atoms with E-state index >= 15 is 0 Å². The summed E-state index contributed by atoms with van der Waals surface area (Å²) in [6.45, 7) is 9.62. The van der Waals surface area contributed by atoms with Crippen molar-refractivity contribution in [3.05, 3.63) is 29.3 Å². The molecule has 116 valence electrons. The number of likely N-dealkylation sites (tertiary alicyclic amines) is 1. The van der Waals surface area contributed by atoms with Gasteiger partial charge in [-0.05, 0) is 74.2 Å². The molecule has 1 atom stereocenters. The van der Waals surface area contributed by atoms with Crippen molar-refractivity contribution in [2.45, 2.75) is 52.5 Å². The minimum absolute atomic E-state index is 0.846. The van der Waals surface area contributed by atoms with Crippen LogP contribution in [0.4, 0.5) is 5.69 Å². The van der Waals surface area contributed by atoms with Gasteiger partial charge in [-0.25, -0.2) is 0 Å². The summed E-state index contributed by atoms with van der Waals surface area (Å²) in [7, 11) is 0. The van der Waals surface area contributed by atoms with Crippen LogP contribution in [0.3, 0.4) is 0 Å². The summed E-state index contributed by atoms with van der Waals surface area (Å²) in [6.07, 6.45) is 6.70. The van der Waals surface area contributed by atoms with Gasteiger partial charge in [-0.3, -0.25) is 4.90 Å². The first-order valence-electron chi connectivity index (χ1n) is 8.81. The summed E-state index contributed by atoms with van der Waals surface area (Å²) in [4.78, 5) is 2.69. The lowest BCUT2D eigenvalue weighted by molar-refractivity contribution is 0.264. The van der Waals surface area contributed by atoms with Crippen LogP contribution in [0.15, 0.2) is 18.2 Å². The molecule has 1 aromatic carbocycles. The van der Waals surface area contributed by atoms with Crippen molar-refractivity contribution in [1.82, 2.24) is 4.90 Å². The Labute approximate surface area is 129 Å². The Morgan fingerprint density at radius 3 is 2.95 bits per heavy atom. The van der Waals surface area contributed by atoms with Gasteiger partial charge in [0.05, 0.1) is 0 Å². The molecule has 0 spiro atoms. The van der Waals surface area contributed by atoms with Crippen molar-refractivity contribution < 1.29 is 0 Å². The summed E-state index contributed by atoms with van der Waals surface area (Å²) in [6, 6.07) is 6.81. The predicted molar refractivity (Wildman–Crippen MR) is 90.7 cm³/mol. The number of nitrogens with zero attached hydrogens (tertiary/aromatic N) is 1. The molecule has 0 aromatic heterocycles. The third-order valence-electron chi connectivity index (χ3n) is 5.39. The van der Waals surface area contributed by atoms with E-state index in [9.17, 15) is 0 Å². The predicted octanol–water partition coefficient (Wildman–Crippen LogP) is 4.30. The van der Waals surface area contributed by atoms with Gasteiger partial charge >= 0.3 is 0 Å². The summed E-state index contributed by atoms with van der Waals surface area (Å²) >= 11 is 0. The van der Waals surface area contributed by atoms with Crippen molar-refractivity contribution in [2.75, 3.05) is 25.0 Å². The fraction of sp³-hybridized carbons (Fsp3) is 0.684. The molecule has 1 N–H and O–H groups in total. The van der Waals surface area contributed by atoms with Crippen molar-refractivity contribution in [3.63, 3.8) is 0 Å². The Kier molecular flexibility index (Phi) is 4.84. The summed E-state index contributed by atoms with van der Waals surface area (Å²) in [5.74, 6) is 1.78. The maximum absolute atomic E-state index is 3.56. The molecule has 21 heavy (non-hydrogen) atoms. The van der Waals surface area contributed by atoms with Crippen LogP contribution in [-0.2, 0) is 13.0 Å². The van der Waals surface area contributed by atoms with Gasteiger partial charge in [-0.15, -0.1) is 0 Å². The number of hydrogen-bond donors (Lipinski definition) is 1. The van der Waals surface area contributed by atoms with Gasteiger partial charge in [-0.1, -0.05) is 26.0 Å². The highest BCUT2D eigenvalue weighted by molar-refractivity contribution is 5.56. The maximum Gasteiger partial charge on any atom is 0.0375 e. The van der Waals surface area contributed by atoms with E-state index in [1.807, 2.05) is 0 Å². The highest BCUT2D eigenvalue weighted by atomic mass is 15.1. The summed E-state index contributed by atoms with van der Waals surface area (Å²) in [5, 5.41) is 3.56. The zero-order valence-corrected chi connectivity index (χ0v) is 13.7. The van der Waals surface area contributed by atoms with Gasteiger partial charge in [0.15, 0.2) is 0 Å². The zero-order valence-electron chi connectivity index (χ0n) is 13.7. The molecule has 3 rings (SSSR count). The molecule has 1 unspecified atom stereocenters. The Hall–Kier alpha value is -1.02. The van der Waals surface area contributed by atoms with Crippen molar-refractivity contribution in [1.29, 1.82) is 0 Å². The molecule has 0 bridgehead atoms. The Bertz CT molecular complexity index is 467. The first kappa shape index (κ1) is 14.9. The lowest BCUT2D eigenvalue weighted by atomic mass is 9.89. The molecule has 2 aliphatic heterocycles. The molecule has 2 nitrogen and oxygen atoms in total. The monoisotopic (exact) mass is 286 g/mol. The van der Waals surface area contributed by atoms with Crippen LogP contribution in [0.5, 0.6) is 0 Å². The van der Waals surface area contributed by atoms with Gasteiger partial charge < -0.3 is 5.32 Å². The van der Waals surface area contributed by atoms with Gasteiger partial charge in [0.2, 0.25) is 0 Å². The molecule has 0 saturated carbocycles. The standard InChI is InChI=1S/C19H30N2/c1-15(2)16-7-5-12-21(13-10-16)14-17-6-3-9-19-18(17)8-4-11-20-19/h3,6,9,15-16,20H,4-5,7-8,10-14H2,1-2H3. The van der Waals surface area contributed by atoms with Gasteiger partial charge in [0, 0.05) is 18.8 Å². The molecule has 0 radical (unpaired) electrons. The normalized spacial score (nSPS) is 23.5. The highest BCUT2D eigenvalue weighted by Gasteiger charge is 2.21. The minimum Gasteiger partial charge on any atom is -0.385 e. The molecule has 2 aliphatic rings. The number of nitrogens with one attached hydrogen (secondary N) is 1. The lowest BCUT2D eigenvalue weighted by Crippen LogP contribution is -2.26. The highest BCUT2D eigenvalue weighted by Crippen LogP contribution is 2.28. The lowest BCUT2D eigenvalue weighted by Gasteiger charge is -2.25. The number of hydrogen-bond acceptors (Lipinski definition) is 2. The molecule has 0 amide bonds. The largest absolute Gasteiger partial charge is 0.385 e. The molecule has 2 heterocycles. The summed E-state index contributed by atoms with van der Waals surface area (Å²) < 4.78 is 0. The molecular weight excluding hydrogens is 256 g/mol. The van der Waals surface area contributed by atoms with E-state index < -0.39 is 0 Å². The minimum atomic E-state index is 0.846. The van der Waals surface area contributed by atoms with Crippen molar-refractivity contribution >= 4 is 5.69 Å². The Balaban J connectivity index is 1.67. The number of anilines is 1. The van der Waals surface area contributed by atoms with Crippen molar-refractivity contribution in [3.8, 4) is 0 Å². The fourth-order valence-electron chi connectivity index (χ4n) is 3.98.